The average molecular weight is 340 g/mol. The minimum absolute atomic E-state index is 0.0688. The standard InChI is InChI=1S/C20H24N2O3/c1-14-5-4-6-18(15(14)2)25-12-11-19(23)22-13-16-7-9-17(10-8-16)20(24)21-3/h4-10H,11-13H2,1-3H3,(H,21,24)(H,22,23). The summed E-state index contributed by atoms with van der Waals surface area (Å²) >= 11 is 0. The maximum Gasteiger partial charge on any atom is 0.251 e. The quantitative estimate of drug-likeness (QED) is 0.814. The van der Waals surface area contributed by atoms with Crippen molar-refractivity contribution in [2.24, 2.45) is 0 Å². The molecular formula is C20H24N2O3. The monoisotopic (exact) mass is 340 g/mol. The number of amides is 2. The molecule has 0 aliphatic heterocycles. The molecule has 2 aromatic rings. The van der Waals surface area contributed by atoms with E-state index in [9.17, 15) is 9.59 Å². The van der Waals surface area contributed by atoms with Crippen molar-refractivity contribution in [3.8, 4) is 5.75 Å². The summed E-state index contributed by atoms with van der Waals surface area (Å²) < 4.78 is 5.69. The van der Waals surface area contributed by atoms with Gasteiger partial charge in [-0.3, -0.25) is 9.59 Å². The lowest BCUT2D eigenvalue weighted by Crippen LogP contribution is -2.24. The van der Waals surface area contributed by atoms with Gasteiger partial charge >= 0.3 is 0 Å². The van der Waals surface area contributed by atoms with Gasteiger partial charge in [0.1, 0.15) is 5.75 Å². The number of hydrogen-bond donors (Lipinski definition) is 2. The topological polar surface area (TPSA) is 67.4 Å². The van der Waals surface area contributed by atoms with Crippen LogP contribution < -0.4 is 15.4 Å². The molecule has 0 spiro atoms. The first-order chi connectivity index (χ1) is 12.0. The van der Waals surface area contributed by atoms with Crippen molar-refractivity contribution in [1.82, 2.24) is 10.6 Å². The second-order valence-electron chi connectivity index (χ2n) is 5.85. The molecule has 0 fully saturated rings. The molecule has 2 N–H and O–H groups in total. The fourth-order valence-corrected chi connectivity index (χ4v) is 2.34. The molecule has 0 aliphatic carbocycles. The van der Waals surface area contributed by atoms with E-state index in [0.29, 0.717) is 25.1 Å². The highest BCUT2D eigenvalue weighted by Crippen LogP contribution is 2.20. The van der Waals surface area contributed by atoms with Crippen molar-refractivity contribution >= 4 is 11.8 Å². The molecule has 2 aromatic carbocycles. The van der Waals surface area contributed by atoms with Gasteiger partial charge in [0.2, 0.25) is 5.91 Å². The van der Waals surface area contributed by atoms with Gasteiger partial charge in [-0.15, -0.1) is 0 Å². The molecular weight excluding hydrogens is 316 g/mol. The van der Waals surface area contributed by atoms with Crippen LogP contribution in [-0.4, -0.2) is 25.5 Å². The maximum atomic E-state index is 11.9. The number of carbonyl (C=O) groups excluding carboxylic acids is 2. The minimum Gasteiger partial charge on any atom is -0.493 e. The summed E-state index contributed by atoms with van der Waals surface area (Å²) in [6.07, 6.45) is 0.295. The highest BCUT2D eigenvalue weighted by molar-refractivity contribution is 5.93. The molecule has 2 amide bonds. The maximum absolute atomic E-state index is 11.9. The van der Waals surface area contributed by atoms with Crippen LogP contribution in [0.15, 0.2) is 42.5 Å². The van der Waals surface area contributed by atoms with E-state index < -0.39 is 0 Å². The highest BCUT2D eigenvalue weighted by atomic mass is 16.5. The first-order valence-corrected chi connectivity index (χ1v) is 8.28. The van der Waals surface area contributed by atoms with Crippen LogP contribution in [0.4, 0.5) is 0 Å². The summed E-state index contributed by atoms with van der Waals surface area (Å²) in [6, 6.07) is 13.0. The highest BCUT2D eigenvalue weighted by Gasteiger charge is 2.06. The van der Waals surface area contributed by atoms with E-state index >= 15 is 0 Å². The Morgan fingerprint density at radius 2 is 1.76 bits per heavy atom. The van der Waals surface area contributed by atoms with Crippen molar-refractivity contribution in [1.29, 1.82) is 0 Å². The van der Waals surface area contributed by atoms with E-state index in [0.717, 1.165) is 16.9 Å². The Labute approximate surface area is 148 Å². The van der Waals surface area contributed by atoms with Gasteiger partial charge in [-0.05, 0) is 48.7 Å². The predicted molar refractivity (Wildman–Crippen MR) is 97.7 cm³/mol. The van der Waals surface area contributed by atoms with Crippen LogP contribution in [0.1, 0.15) is 33.5 Å². The van der Waals surface area contributed by atoms with Crippen LogP contribution >= 0.6 is 0 Å². The van der Waals surface area contributed by atoms with Crippen LogP contribution in [0.25, 0.3) is 0 Å². The normalized spacial score (nSPS) is 10.2. The van der Waals surface area contributed by atoms with E-state index in [4.69, 9.17) is 4.74 Å². The number of ether oxygens (including phenoxy) is 1. The number of benzene rings is 2. The van der Waals surface area contributed by atoms with Crippen molar-refractivity contribution in [3.63, 3.8) is 0 Å². The van der Waals surface area contributed by atoms with Gasteiger partial charge in [0.05, 0.1) is 13.0 Å². The van der Waals surface area contributed by atoms with Crippen LogP contribution in [0.3, 0.4) is 0 Å². The van der Waals surface area contributed by atoms with Gasteiger partial charge in [-0.2, -0.15) is 0 Å². The molecule has 0 heterocycles. The molecule has 0 unspecified atom stereocenters. The van der Waals surface area contributed by atoms with Crippen molar-refractivity contribution in [2.75, 3.05) is 13.7 Å². The fraction of sp³-hybridized carbons (Fsp3) is 0.300. The first-order valence-electron chi connectivity index (χ1n) is 8.28. The van der Waals surface area contributed by atoms with E-state index in [2.05, 4.69) is 10.6 Å². The number of nitrogens with one attached hydrogen (secondary N) is 2. The average Bonchev–Trinajstić information content (AvgIpc) is 2.63. The molecule has 0 radical (unpaired) electrons. The van der Waals surface area contributed by atoms with Crippen molar-refractivity contribution in [2.45, 2.75) is 26.8 Å². The fourth-order valence-electron chi connectivity index (χ4n) is 2.34. The van der Waals surface area contributed by atoms with E-state index in [1.807, 2.05) is 44.2 Å². The van der Waals surface area contributed by atoms with Gasteiger partial charge in [0, 0.05) is 19.2 Å². The number of carbonyl (C=O) groups is 2. The van der Waals surface area contributed by atoms with Crippen LogP contribution in [0.2, 0.25) is 0 Å². The first kappa shape index (κ1) is 18.5. The Morgan fingerprint density at radius 1 is 1.04 bits per heavy atom. The third kappa shape index (κ3) is 5.35. The zero-order chi connectivity index (χ0) is 18.2. The van der Waals surface area contributed by atoms with Crippen LogP contribution in [0, 0.1) is 13.8 Å². The van der Waals surface area contributed by atoms with E-state index in [1.54, 1.807) is 19.2 Å². The summed E-state index contributed by atoms with van der Waals surface area (Å²) in [5, 5.41) is 5.43. The second-order valence-corrected chi connectivity index (χ2v) is 5.85. The van der Waals surface area contributed by atoms with Crippen LogP contribution in [-0.2, 0) is 11.3 Å². The largest absolute Gasteiger partial charge is 0.493 e. The lowest BCUT2D eigenvalue weighted by atomic mass is 10.1. The zero-order valence-electron chi connectivity index (χ0n) is 14.9. The molecule has 0 atom stereocenters. The SMILES string of the molecule is CNC(=O)c1ccc(CNC(=O)CCOc2cccc(C)c2C)cc1. The summed E-state index contributed by atoms with van der Waals surface area (Å²) in [4.78, 5) is 23.4. The molecule has 0 saturated heterocycles. The van der Waals surface area contributed by atoms with Gasteiger partial charge in [0.15, 0.2) is 0 Å². The van der Waals surface area contributed by atoms with Crippen LogP contribution in [0.5, 0.6) is 5.75 Å². The third-order valence-electron chi connectivity index (χ3n) is 4.07. The molecule has 5 heteroatoms. The van der Waals surface area contributed by atoms with Gasteiger partial charge in [-0.1, -0.05) is 24.3 Å². The van der Waals surface area contributed by atoms with Gasteiger partial charge < -0.3 is 15.4 Å². The molecule has 5 nitrogen and oxygen atoms in total. The third-order valence-corrected chi connectivity index (χ3v) is 4.07. The Hall–Kier alpha value is -2.82. The lowest BCUT2D eigenvalue weighted by molar-refractivity contribution is -0.121. The molecule has 0 bridgehead atoms. The molecule has 2 rings (SSSR count). The van der Waals surface area contributed by atoms with Crippen molar-refractivity contribution in [3.05, 3.63) is 64.7 Å². The zero-order valence-corrected chi connectivity index (χ0v) is 14.9. The lowest BCUT2D eigenvalue weighted by Gasteiger charge is -2.11. The second kappa shape index (κ2) is 8.87. The number of hydrogen-bond acceptors (Lipinski definition) is 3. The Morgan fingerprint density at radius 3 is 2.44 bits per heavy atom. The summed E-state index contributed by atoms with van der Waals surface area (Å²) in [7, 11) is 1.59. The molecule has 0 saturated carbocycles. The summed E-state index contributed by atoms with van der Waals surface area (Å²) in [5.41, 5.74) is 3.80. The smallest absolute Gasteiger partial charge is 0.251 e. The van der Waals surface area contributed by atoms with E-state index in [1.165, 1.54) is 5.56 Å². The molecule has 0 aliphatic rings. The predicted octanol–water partition coefficient (Wildman–Crippen LogP) is 2.75. The number of aryl methyl sites for hydroxylation is 1. The van der Waals surface area contributed by atoms with E-state index in [-0.39, 0.29) is 11.8 Å². The minimum atomic E-state index is -0.126. The Kier molecular flexibility index (Phi) is 6.57. The van der Waals surface area contributed by atoms with Gasteiger partial charge in [-0.25, -0.2) is 0 Å². The Bertz CT molecular complexity index is 739. The van der Waals surface area contributed by atoms with Crippen molar-refractivity contribution < 1.29 is 14.3 Å². The summed E-state index contributed by atoms with van der Waals surface area (Å²) in [5.74, 6) is 0.623. The summed E-state index contributed by atoms with van der Waals surface area (Å²) in [6.45, 7) is 4.81. The Balaban J connectivity index is 1.75. The van der Waals surface area contributed by atoms with Gasteiger partial charge in [0.25, 0.3) is 5.91 Å². The number of rotatable bonds is 7. The molecule has 0 aromatic heterocycles. The molecule has 25 heavy (non-hydrogen) atoms. The molecule has 132 valence electrons.